The molecule has 1 unspecified atom stereocenters. The first-order valence-corrected chi connectivity index (χ1v) is 9.51. The third-order valence-electron chi connectivity index (χ3n) is 4.60. The standard InChI is InChI=1S/C20H16N2O7S/c1-26-19(24)14-13(11-6-4-8-29-11)15(20(25)27-2)18-22(16(14)21)17(23)12(30-18)9-10-5-3-7-28-10/h3-9,13H,21H2,1-2H3/b12-9-. The average Bonchev–Trinajstić information content (AvgIpc) is 3.50. The highest BCUT2D eigenvalue weighted by molar-refractivity contribution is 7.07. The maximum absolute atomic E-state index is 13.1. The fraction of sp³-hybridized carbons (Fsp3) is 0.150. The molecule has 0 bridgehead atoms. The number of carbonyl (C=O) groups excluding carboxylic acids is 2. The number of esters is 2. The summed E-state index contributed by atoms with van der Waals surface area (Å²) in [6, 6.07) is 6.57. The van der Waals surface area contributed by atoms with E-state index in [1.165, 1.54) is 32.8 Å². The lowest BCUT2D eigenvalue weighted by molar-refractivity contribution is -0.136. The molecule has 3 aromatic rings. The Kier molecular flexibility index (Phi) is 4.92. The average molecular weight is 428 g/mol. The van der Waals surface area contributed by atoms with Crippen LogP contribution in [0.4, 0.5) is 0 Å². The van der Waals surface area contributed by atoms with E-state index in [0.29, 0.717) is 5.76 Å². The molecule has 3 aromatic heterocycles. The number of aromatic nitrogens is 1. The Labute approximate surface area is 172 Å². The molecule has 0 aromatic carbocycles. The van der Waals surface area contributed by atoms with Crippen molar-refractivity contribution in [3.8, 4) is 0 Å². The predicted octanol–water partition coefficient (Wildman–Crippen LogP) is 0.346. The van der Waals surface area contributed by atoms with E-state index in [0.717, 1.165) is 15.9 Å². The van der Waals surface area contributed by atoms with Crippen LogP contribution in [0.15, 0.2) is 56.0 Å². The molecule has 4 rings (SSSR count). The van der Waals surface area contributed by atoms with Crippen LogP contribution in [0, 0.1) is 0 Å². The summed E-state index contributed by atoms with van der Waals surface area (Å²) in [5, 5.41) is 0. The molecule has 0 radical (unpaired) electrons. The lowest BCUT2D eigenvalue weighted by Crippen LogP contribution is -2.41. The van der Waals surface area contributed by atoms with E-state index in [1.54, 1.807) is 24.3 Å². The predicted molar refractivity (Wildman–Crippen MR) is 106 cm³/mol. The minimum Gasteiger partial charge on any atom is -0.468 e. The maximum Gasteiger partial charge on any atom is 0.338 e. The molecule has 1 atom stereocenters. The second-order valence-electron chi connectivity index (χ2n) is 6.22. The summed E-state index contributed by atoms with van der Waals surface area (Å²) in [6.45, 7) is 0. The Morgan fingerprint density at radius 1 is 1.10 bits per heavy atom. The van der Waals surface area contributed by atoms with Gasteiger partial charge in [0.25, 0.3) is 5.56 Å². The Morgan fingerprint density at radius 2 is 1.77 bits per heavy atom. The number of carbonyl (C=O) groups is 2. The van der Waals surface area contributed by atoms with E-state index in [9.17, 15) is 14.4 Å². The van der Waals surface area contributed by atoms with Gasteiger partial charge in [-0.05, 0) is 24.3 Å². The number of furan rings is 2. The van der Waals surface area contributed by atoms with Gasteiger partial charge in [0.1, 0.15) is 22.0 Å². The summed E-state index contributed by atoms with van der Waals surface area (Å²) in [5.74, 6) is -1.95. The molecule has 2 N–H and O–H groups in total. The zero-order chi connectivity index (χ0) is 21.4. The van der Waals surface area contributed by atoms with Crippen LogP contribution in [0.5, 0.6) is 0 Å². The van der Waals surface area contributed by atoms with Crippen molar-refractivity contribution < 1.29 is 27.9 Å². The lowest BCUT2D eigenvalue weighted by Gasteiger charge is -2.24. The van der Waals surface area contributed by atoms with E-state index >= 15 is 0 Å². The number of fused-ring (bicyclic) bond motifs is 1. The minimum absolute atomic E-state index is 0.0447. The van der Waals surface area contributed by atoms with Gasteiger partial charge in [-0.3, -0.25) is 9.36 Å². The summed E-state index contributed by atoms with van der Waals surface area (Å²) in [6.07, 6.45) is 4.40. The number of rotatable bonds is 4. The van der Waals surface area contributed by atoms with Gasteiger partial charge in [0, 0.05) is 6.08 Å². The second kappa shape index (κ2) is 7.56. The highest BCUT2D eigenvalue weighted by Crippen LogP contribution is 2.37. The first-order chi connectivity index (χ1) is 14.5. The van der Waals surface area contributed by atoms with Crippen LogP contribution < -0.4 is 20.5 Å². The zero-order valence-corrected chi connectivity index (χ0v) is 16.7. The van der Waals surface area contributed by atoms with E-state index in [4.69, 9.17) is 24.0 Å². The molecule has 1 aliphatic rings. The molecule has 0 amide bonds. The molecular weight excluding hydrogens is 412 g/mol. The maximum atomic E-state index is 13.1. The summed E-state index contributed by atoms with van der Waals surface area (Å²) < 4.78 is 22.2. The van der Waals surface area contributed by atoms with Crippen LogP contribution in [-0.4, -0.2) is 30.7 Å². The third-order valence-corrected chi connectivity index (χ3v) is 5.71. The molecule has 0 aliphatic carbocycles. The second-order valence-corrected chi connectivity index (χ2v) is 7.25. The van der Waals surface area contributed by atoms with E-state index in [-0.39, 0.29) is 31.9 Å². The van der Waals surface area contributed by atoms with Crippen LogP contribution in [0.2, 0.25) is 0 Å². The van der Waals surface area contributed by atoms with Crippen LogP contribution >= 0.6 is 11.3 Å². The first-order valence-electron chi connectivity index (χ1n) is 8.69. The Morgan fingerprint density at radius 3 is 2.37 bits per heavy atom. The molecule has 10 heteroatoms. The van der Waals surface area contributed by atoms with E-state index in [1.807, 2.05) is 0 Å². The van der Waals surface area contributed by atoms with Crippen LogP contribution in [0.1, 0.15) is 17.4 Å². The van der Waals surface area contributed by atoms with Crippen molar-refractivity contribution in [1.29, 1.82) is 0 Å². The van der Waals surface area contributed by atoms with Crippen molar-refractivity contribution in [3.05, 3.63) is 73.4 Å². The van der Waals surface area contributed by atoms with E-state index in [2.05, 4.69) is 0 Å². The van der Waals surface area contributed by atoms with Gasteiger partial charge in [-0.15, -0.1) is 11.3 Å². The van der Waals surface area contributed by atoms with Gasteiger partial charge < -0.3 is 24.0 Å². The van der Waals surface area contributed by atoms with Gasteiger partial charge in [0.05, 0.1) is 48.3 Å². The van der Waals surface area contributed by atoms with Crippen molar-refractivity contribution in [1.82, 2.24) is 4.57 Å². The van der Waals surface area contributed by atoms with Crippen molar-refractivity contribution in [2.24, 2.45) is 5.73 Å². The summed E-state index contributed by atoms with van der Waals surface area (Å²) in [4.78, 5) is 38.5. The fourth-order valence-corrected chi connectivity index (χ4v) is 4.45. The number of nitrogens with two attached hydrogens (primary N) is 1. The van der Waals surface area contributed by atoms with Gasteiger partial charge in [-0.1, -0.05) is 0 Å². The molecule has 1 aliphatic heterocycles. The number of thiazole rings is 1. The Bertz CT molecular complexity index is 1320. The highest BCUT2D eigenvalue weighted by Gasteiger charge is 2.41. The largest absolute Gasteiger partial charge is 0.468 e. The molecular formula is C20H16N2O7S. The Hall–Kier alpha value is -3.79. The highest BCUT2D eigenvalue weighted by atomic mass is 32.1. The minimum atomic E-state index is -1.01. The van der Waals surface area contributed by atoms with E-state index < -0.39 is 23.4 Å². The molecule has 0 spiro atoms. The molecule has 0 fully saturated rings. The monoisotopic (exact) mass is 428 g/mol. The normalized spacial score (nSPS) is 16.5. The number of methoxy groups -OCH3 is 2. The fourth-order valence-electron chi connectivity index (χ4n) is 3.31. The summed E-state index contributed by atoms with van der Waals surface area (Å²) in [7, 11) is 2.39. The van der Waals surface area contributed by atoms with Gasteiger partial charge in [-0.25, -0.2) is 9.59 Å². The topological polar surface area (TPSA) is 127 Å². The van der Waals surface area contributed by atoms with Crippen molar-refractivity contribution in [2.75, 3.05) is 14.2 Å². The molecule has 0 saturated heterocycles. The lowest BCUT2D eigenvalue weighted by atomic mass is 9.87. The van der Waals surface area contributed by atoms with Gasteiger partial charge >= 0.3 is 11.9 Å². The SMILES string of the molecule is COC(=O)C1=C(N)n2c(s/c(=C\c3ccco3)c2=O)=C(C(=O)OC)C1c1ccco1. The molecule has 30 heavy (non-hydrogen) atoms. The van der Waals surface area contributed by atoms with Gasteiger partial charge in [0.2, 0.25) is 0 Å². The quantitative estimate of drug-likeness (QED) is 0.590. The molecule has 0 saturated carbocycles. The zero-order valence-electron chi connectivity index (χ0n) is 15.9. The number of hydrogen-bond donors (Lipinski definition) is 1. The van der Waals surface area contributed by atoms with Gasteiger partial charge in [0.15, 0.2) is 0 Å². The van der Waals surface area contributed by atoms with Crippen molar-refractivity contribution in [2.45, 2.75) is 5.92 Å². The third kappa shape index (κ3) is 2.98. The molecule has 9 nitrogen and oxygen atoms in total. The molecule has 4 heterocycles. The number of hydrogen-bond acceptors (Lipinski definition) is 9. The summed E-state index contributed by atoms with van der Waals surface area (Å²) in [5.41, 5.74) is 5.70. The Balaban J connectivity index is 2.14. The van der Waals surface area contributed by atoms with Crippen LogP contribution in [0.25, 0.3) is 17.5 Å². The number of nitrogens with zero attached hydrogens (tertiary/aromatic N) is 1. The number of ether oxygens (including phenoxy) is 2. The summed E-state index contributed by atoms with van der Waals surface area (Å²) >= 11 is 1.03. The first kappa shape index (κ1) is 19.5. The molecule has 154 valence electrons. The smallest absolute Gasteiger partial charge is 0.338 e. The van der Waals surface area contributed by atoms with Crippen molar-refractivity contribution in [3.63, 3.8) is 0 Å². The van der Waals surface area contributed by atoms with Crippen LogP contribution in [0.3, 0.4) is 0 Å². The van der Waals surface area contributed by atoms with Crippen molar-refractivity contribution >= 4 is 40.7 Å². The van der Waals surface area contributed by atoms with Gasteiger partial charge in [-0.2, -0.15) is 0 Å². The van der Waals surface area contributed by atoms with Crippen LogP contribution in [-0.2, 0) is 19.1 Å².